The molecule has 0 radical (unpaired) electrons. The van der Waals surface area contributed by atoms with E-state index < -0.39 is 91.0 Å². The second-order valence-corrected chi connectivity index (χ2v) is 12.6. The number of carbonyl (C=O) groups is 10. The number of nitrogens with zero attached hydrogens (tertiary/aromatic N) is 6. The van der Waals surface area contributed by atoms with E-state index in [0.717, 1.165) is 0 Å². The first kappa shape index (κ1) is 44.0. The number of halogens is 2. The summed E-state index contributed by atoms with van der Waals surface area (Å²) in [5.74, 6) is -8.82. The predicted molar refractivity (Wildman–Crippen MR) is 198 cm³/mol. The fraction of sp³-hybridized carbons (Fsp3) is 0. The second-order valence-electron chi connectivity index (χ2n) is 11.8. The number of hydrogen-bond acceptors (Lipinski definition) is 10. The quantitative estimate of drug-likeness (QED) is 0.170. The van der Waals surface area contributed by atoms with Crippen molar-refractivity contribution >= 4 is 81.8 Å². The average Bonchev–Trinajstić information content (AvgIpc) is 3.79. The minimum absolute atomic E-state index is 0. The van der Waals surface area contributed by atoms with Gasteiger partial charge in [-0.2, -0.15) is 0 Å². The van der Waals surface area contributed by atoms with Crippen LogP contribution in [0, 0.1) is 26.3 Å². The minimum Gasteiger partial charge on any atom is -0.303 e. The fourth-order valence-electron chi connectivity index (χ4n) is 6.01. The average molecular weight is 862 g/mol. The van der Waals surface area contributed by atoms with Gasteiger partial charge in [0.2, 0.25) is 34.4 Å². The fourth-order valence-corrected chi connectivity index (χ4v) is 6.36. The summed E-state index contributed by atoms with van der Waals surface area (Å²) in [5.41, 5.74) is -4.10. The number of benzene rings is 3. The molecule has 0 saturated heterocycles. The molecule has 0 unspecified atom stereocenters. The van der Waals surface area contributed by atoms with Crippen molar-refractivity contribution in [3.63, 3.8) is 0 Å². The zero-order valence-corrected chi connectivity index (χ0v) is 34.6. The molecule has 0 atom stereocenters. The number of fused-ring (bicyclic) bond motifs is 3. The van der Waals surface area contributed by atoms with Gasteiger partial charge in [-0.05, 0) is 36.4 Å². The first-order valence-corrected chi connectivity index (χ1v) is 16.8. The van der Waals surface area contributed by atoms with Crippen LogP contribution in [0.25, 0.3) is 19.4 Å². The maximum Gasteiger partial charge on any atom is 1.00 e. The molecule has 3 heterocycles. The van der Waals surface area contributed by atoms with Crippen molar-refractivity contribution in [2.45, 2.75) is 0 Å². The molecular weight excluding hydrogens is 848 g/mol. The van der Waals surface area contributed by atoms with Gasteiger partial charge in [0, 0.05) is 0 Å². The van der Waals surface area contributed by atoms with Crippen LogP contribution < -0.4 is 56.7 Å². The van der Waals surface area contributed by atoms with Crippen molar-refractivity contribution in [2.24, 2.45) is 0 Å². The van der Waals surface area contributed by atoms with Gasteiger partial charge in [0.25, 0.3) is 35.4 Å². The Morgan fingerprint density at radius 3 is 0.883 bits per heavy atom. The number of carbonyl (C=O) groups excluding carboxylic acids is 10. The minimum atomic E-state index is -1.29. The van der Waals surface area contributed by atoms with Crippen LogP contribution in [0.3, 0.4) is 0 Å². The molecule has 17 nitrogen and oxygen atoms in total. The van der Waals surface area contributed by atoms with E-state index in [0.29, 0.717) is 20.9 Å². The standard InChI is InChI=1S/C24H8N4O6.C8Cl2N2O2.C8H5NO2.K/c1-25-15-16(26-2)20(30)18(28-23(33)13-9-5-6-10-14(13)24(28)34)17(19(15)29)27-21(31)11-7-3-4-8-12(11)22(27)32;1-11-5-6(12-2)8(14)4(10)3(9)7(5)13;10-7-5-3-1-2-4-6(5)8(11)9-7;/h3-10H;;1-4H,(H,9,10,11);/q;;;+1. The Morgan fingerprint density at radius 1 is 0.400 bits per heavy atom. The number of imide groups is 3. The topological polar surface area (TPSA) is 207 Å². The summed E-state index contributed by atoms with van der Waals surface area (Å²) in [6.45, 7) is 27.9. The Labute approximate surface area is 388 Å². The van der Waals surface area contributed by atoms with Crippen molar-refractivity contribution in [3.05, 3.63) is 196 Å². The number of rotatable bonds is 2. The zero-order chi connectivity index (χ0) is 43.0. The van der Waals surface area contributed by atoms with Gasteiger partial charge in [0.1, 0.15) is 11.4 Å². The number of nitrogens with one attached hydrogen (secondary N) is 1. The molecule has 6 amide bonds. The summed E-state index contributed by atoms with van der Waals surface area (Å²) >= 11 is 10.8. The molecule has 3 aliphatic heterocycles. The second kappa shape index (κ2) is 17.4. The summed E-state index contributed by atoms with van der Waals surface area (Å²) in [5, 5.41) is 1.20. The molecule has 20 heteroatoms. The van der Waals surface area contributed by atoms with Crippen LogP contribution >= 0.6 is 23.2 Å². The summed E-state index contributed by atoms with van der Waals surface area (Å²) in [6.07, 6.45) is 0. The van der Waals surface area contributed by atoms with Gasteiger partial charge in [0.05, 0.1) is 69.7 Å². The van der Waals surface area contributed by atoms with Crippen molar-refractivity contribution in [1.82, 2.24) is 15.1 Å². The van der Waals surface area contributed by atoms with Crippen LogP contribution in [0.15, 0.2) is 117 Å². The molecule has 3 aromatic rings. The van der Waals surface area contributed by atoms with E-state index >= 15 is 0 Å². The first-order chi connectivity index (χ1) is 28.2. The molecule has 5 aliphatic rings. The molecule has 3 aromatic carbocycles. The molecular formula is C40H13Cl2KN7O10+. The number of amides is 6. The normalized spacial score (nSPS) is 16.4. The third kappa shape index (κ3) is 7.07. The monoisotopic (exact) mass is 860 g/mol. The van der Waals surface area contributed by atoms with Crippen molar-refractivity contribution in [2.75, 3.05) is 0 Å². The Morgan fingerprint density at radius 2 is 0.633 bits per heavy atom. The Hall–Kier alpha value is -7.10. The van der Waals surface area contributed by atoms with Gasteiger partial charge < -0.3 is 19.2 Å². The van der Waals surface area contributed by atoms with E-state index in [1.165, 1.54) is 48.5 Å². The van der Waals surface area contributed by atoms with Crippen molar-refractivity contribution < 1.29 is 99.3 Å². The number of hydrogen-bond donors (Lipinski definition) is 1. The summed E-state index contributed by atoms with van der Waals surface area (Å²) < 4.78 is 0. The smallest absolute Gasteiger partial charge is 0.303 e. The Balaban J connectivity index is 0.000000214. The van der Waals surface area contributed by atoms with Crippen LogP contribution in [0.4, 0.5) is 0 Å². The van der Waals surface area contributed by atoms with E-state index in [2.05, 4.69) is 24.7 Å². The van der Waals surface area contributed by atoms with Crippen LogP contribution in [-0.2, 0) is 19.2 Å². The van der Waals surface area contributed by atoms with E-state index in [-0.39, 0.29) is 85.5 Å². The van der Waals surface area contributed by atoms with Gasteiger partial charge in [-0.1, -0.05) is 59.6 Å². The van der Waals surface area contributed by atoms with Crippen LogP contribution in [0.2, 0.25) is 0 Å². The SMILES string of the molecule is O=C1NC(=O)c2ccccc21.[C-]#[N+]C1=C([N+]#[C-])C(=O)C(Cl)=C(Cl)C1=O.[C-]#[N+]C1=C([N+]#[C-])C(=O)C(N2C(=O)c3ccccc3C2=O)=C(N2C(=O)c3ccccc3C2=O)C1=O.[K+]. The van der Waals surface area contributed by atoms with Gasteiger partial charge in [-0.25, -0.2) is 29.2 Å². The van der Waals surface area contributed by atoms with Gasteiger partial charge in [0.15, 0.2) is 11.6 Å². The predicted octanol–water partition coefficient (Wildman–Crippen LogP) is 1.44. The van der Waals surface area contributed by atoms with Crippen LogP contribution in [0.5, 0.6) is 0 Å². The van der Waals surface area contributed by atoms with Crippen molar-refractivity contribution in [3.8, 4) is 0 Å². The third-order valence-corrected chi connectivity index (χ3v) is 9.50. The molecule has 1 N–H and O–H groups in total. The molecule has 282 valence electrons. The maximum absolute atomic E-state index is 13.3. The Bertz CT molecular complexity index is 2730. The molecule has 0 bridgehead atoms. The molecule has 60 heavy (non-hydrogen) atoms. The summed E-state index contributed by atoms with van der Waals surface area (Å²) in [7, 11) is 0. The number of ketones is 4. The number of allylic oxidation sites excluding steroid dienone is 2. The van der Waals surface area contributed by atoms with E-state index in [9.17, 15) is 47.9 Å². The first-order valence-electron chi connectivity index (χ1n) is 16.0. The van der Waals surface area contributed by atoms with E-state index in [1.807, 2.05) is 0 Å². The van der Waals surface area contributed by atoms with E-state index in [4.69, 9.17) is 49.5 Å². The molecule has 8 rings (SSSR count). The molecule has 0 aromatic heterocycles. The summed E-state index contributed by atoms with van der Waals surface area (Å²) in [6, 6.07) is 18.0. The molecule has 0 saturated carbocycles. The summed E-state index contributed by atoms with van der Waals surface area (Å²) in [4.78, 5) is 136. The third-order valence-electron chi connectivity index (χ3n) is 8.68. The van der Waals surface area contributed by atoms with Gasteiger partial charge in [-0.15, -0.1) is 0 Å². The number of Topliss-reactive ketones (excluding diaryl/α,β-unsaturated/α-hetero) is 4. The Kier molecular flexibility index (Phi) is 12.8. The largest absolute Gasteiger partial charge is 1.00 e. The molecule has 0 fully saturated rings. The zero-order valence-electron chi connectivity index (χ0n) is 29.9. The van der Waals surface area contributed by atoms with Crippen molar-refractivity contribution in [1.29, 1.82) is 0 Å². The van der Waals surface area contributed by atoms with E-state index in [1.54, 1.807) is 24.3 Å². The molecule has 2 aliphatic carbocycles. The van der Waals surface area contributed by atoms with Gasteiger partial charge in [-0.3, -0.25) is 34.1 Å². The maximum atomic E-state index is 13.3. The van der Waals surface area contributed by atoms with Crippen LogP contribution in [-0.4, -0.2) is 68.4 Å². The molecule has 0 spiro atoms. The van der Waals surface area contributed by atoms with Gasteiger partial charge >= 0.3 is 51.4 Å². The van der Waals surface area contributed by atoms with Crippen LogP contribution in [0.1, 0.15) is 62.1 Å².